The molecular weight excluding hydrogens is 240 g/mol. The summed E-state index contributed by atoms with van der Waals surface area (Å²) in [5.41, 5.74) is 2.43. The monoisotopic (exact) mass is 254 g/mol. The highest BCUT2D eigenvalue weighted by Gasteiger charge is 2.10. The van der Waals surface area contributed by atoms with Crippen molar-refractivity contribution in [3.05, 3.63) is 22.7 Å². The summed E-state index contributed by atoms with van der Waals surface area (Å²) in [5, 5.41) is 4.49. The summed E-state index contributed by atoms with van der Waals surface area (Å²) < 4.78 is 4.50. The molecule has 0 aliphatic rings. The van der Waals surface area contributed by atoms with Crippen LogP contribution in [0.4, 0.5) is 0 Å². The third-order valence-corrected chi connectivity index (χ3v) is 2.55. The molecule has 0 fully saturated rings. The molecule has 0 aliphatic heterocycles. The van der Waals surface area contributed by atoms with Crippen LogP contribution in [-0.2, 0) is 14.3 Å². The number of nitrogens with zero attached hydrogens (tertiary/aromatic N) is 1. The van der Waals surface area contributed by atoms with Crippen molar-refractivity contribution in [2.45, 2.75) is 19.4 Å². The SMILES string of the molecule is COC(=O)CC(C)NC(=O)/C=C/c1cscn1. The Bertz CT molecular complexity index is 401. The molecule has 5 nitrogen and oxygen atoms in total. The van der Waals surface area contributed by atoms with Crippen LogP contribution in [0.1, 0.15) is 19.0 Å². The van der Waals surface area contributed by atoms with E-state index in [0.717, 1.165) is 5.69 Å². The van der Waals surface area contributed by atoms with Crippen molar-refractivity contribution in [2.75, 3.05) is 7.11 Å². The number of nitrogens with one attached hydrogen (secondary N) is 1. The summed E-state index contributed by atoms with van der Waals surface area (Å²) in [6, 6.07) is -0.255. The molecule has 0 aromatic carbocycles. The lowest BCUT2D eigenvalue weighted by Crippen LogP contribution is -2.33. The van der Waals surface area contributed by atoms with Gasteiger partial charge in [-0.1, -0.05) is 0 Å². The predicted molar refractivity (Wildman–Crippen MR) is 65.4 cm³/mol. The zero-order chi connectivity index (χ0) is 12.7. The summed E-state index contributed by atoms with van der Waals surface area (Å²) in [6.07, 6.45) is 3.17. The first-order valence-corrected chi connectivity index (χ1v) is 5.99. The Morgan fingerprint density at radius 1 is 1.65 bits per heavy atom. The van der Waals surface area contributed by atoms with Crippen molar-refractivity contribution in [1.82, 2.24) is 10.3 Å². The van der Waals surface area contributed by atoms with Gasteiger partial charge in [-0.25, -0.2) is 4.98 Å². The van der Waals surface area contributed by atoms with E-state index in [4.69, 9.17) is 0 Å². The summed E-state index contributed by atoms with van der Waals surface area (Å²) >= 11 is 1.46. The maximum atomic E-state index is 11.4. The van der Waals surface area contributed by atoms with E-state index in [9.17, 15) is 9.59 Å². The fourth-order valence-corrected chi connectivity index (χ4v) is 1.66. The Hall–Kier alpha value is -1.69. The third-order valence-electron chi connectivity index (χ3n) is 1.95. The first-order chi connectivity index (χ1) is 8.11. The first kappa shape index (κ1) is 13.4. The van der Waals surface area contributed by atoms with Crippen LogP contribution in [0.5, 0.6) is 0 Å². The highest BCUT2D eigenvalue weighted by molar-refractivity contribution is 7.07. The number of ether oxygens (including phenoxy) is 1. The third kappa shape index (κ3) is 5.26. The fraction of sp³-hybridized carbons (Fsp3) is 0.364. The standard InChI is InChI=1S/C11H14N2O3S/c1-8(5-11(15)16-2)13-10(14)4-3-9-6-17-7-12-9/h3-4,6-8H,5H2,1-2H3,(H,13,14)/b4-3+. The molecule has 6 heteroatoms. The molecule has 0 radical (unpaired) electrons. The minimum Gasteiger partial charge on any atom is -0.469 e. The second-order valence-electron chi connectivity index (χ2n) is 3.44. The van der Waals surface area contributed by atoms with Crippen LogP contribution >= 0.6 is 11.3 Å². The van der Waals surface area contributed by atoms with Crippen molar-refractivity contribution < 1.29 is 14.3 Å². The normalized spacial score (nSPS) is 12.4. The number of carbonyl (C=O) groups is 2. The van der Waals surface area contributed by atoms with Gasteiger partial charge < -0.3 is 10.1 Å². The van der Waals surface area contributed by atoms with Crippen LogP contribution in [0.2, 0.25) is 0 Å². The number of aromatic nitrogens is 1. The Morgan fingerprint density at radius 3 is 3.00 bits per heavy atom. The zero-order valence-corrected chi connectivity index (χ0v) is 10.5. The number of carbonyl (C=O) groups excluding carboxylic acids is 2. The van der Waals surface area contributed by atoms with Crippen LogP contribution in [-0.4, -0.2) is 30.0 Å². The molecule has 1 N–H and O–H groups in total. The summed E-state index contributed by atoms with van der Waals surface area (Å²) in [5.74, 6) is -0.601. The molecule has 1 heterocycles. The maximum absolute atomic E-state index is 11.4. The molecule has 0 bridgehead atoms. The number of hydrogen-bond acceptors (Lipinski definition) is 5. The largest absolute Gasteiger partial charge is 0.469 e. The van der Waals surface area contributed by atoms with Gasteiger partial charge in [0, 0.05) is 17.5 Å². The molecule has 1 aromatic heterocycles. The number of methoxy groups -OCH3 is 1. The molecule has 0 saturated carbocycles. The van der Waals surface area contributed by atoms with E-state index in [-0.39, 0.29) is 24.3 Å². The lowest BCUT2D eigenvalue weighted by Gasteiger charge is -2.10. The molecule has 1 atom stereocenters. The molecule has 17 heavy (non-hydrogen) atoms. The van der Waals surface area contributed by atoms with Gasteiger partial charge >= 0.3 is 5.97 Å². The number of amides is 1. The lowest BCUT2D eigenvalue weighted by atomic mass is 10.2. The first-order valence-electron chi connectivity index (χ1n) is 5.05. The van der Waals surface area contributed by atoms with Gasteiger partial charge in [0.05, 0.1) is 24.7 Å². The Morgan fingerprint density at radius 2 is 2.41 bits per heavy atom. The molecule has 1 amide bonds. The van der Waals surface area contributed by atoms with Gasteiger partial charge in [-0.15, -0.1) is 11.3 Å². The minimum absolute atomic E-state index is 0.160. The topological polar surface area (TPSA) is 68.3 Å². The highest BCUT2D eigenvalue weighted by atomic mass is 32.1. The highest BCUT2D eigenvalue weighted by Crippen LogP contribution is 2.02. The van der Waals surface area contributed by atoms with Gasteiger partial charge in [0.2, 0.25) is 5.91 Å². The van der Waals surface area contributed by atoms with E-state index < -0.39 is 0 Å². The van der Waals surface area contributed by atoms with E-state index in [1.807, 2.05) is 5.38 Å². The van der Waals surface area contributed by atoms with Crippen LogP contribution in [0.15, 0.2) is 17.0 Å². The number of esters is 1. The summed E-state index contributed by atoms with van der Waals surface area (Å²) in [7, 11) is 1.32. The van der Waals surface area contributed by atoms with Gasteiger partial charge in [-0.3, -0.25) is 9.59 Å². The summed E-state index contributed by atoms with van der Waals surface area (Å²) in [6.45, 7) is 1.74. The van der Waals surface area contributed by atoms with E-state index in [2.05, 4.69) is 15.0 Å². The number of rotatable bonds is 5. The van der Waals surface area contributed by atoms with Gasteiger partial charge in [0.1, 0.15) is 0 Å². The van der Waals surface area contributed by atoms with Gasteiger partial charge in [0.15, 0.2) is 0 Å². The zero-order valence-electron chi connectivity index (χ0n) is 9.67. The van der Waals surface area contributed by atoms with Crippen molar-refractivity contribution in [3.63, 3.8) is 0 Å². The van der Waals surface area contributed by atoms with Crippen molar-refractivity contribution in [3.8, 4) is 0 Å². The van der Waals surface area contributed by atoms with Crippen molar-refractivity contribution >= 4 is 29.3 Å². The molecular formula is C11H14N2O3S. The average Bonchev–Trinajstić information content (AvgIpc) is 2.78. The van der Waals surface area contributed by atoms with E-state index in [1.165, 1.54) is 24.5 Å². The van der Waals surface area contributed by atoms with Gasteiger partial charge in [0.25, 0.3) is 0 Å². The Kier molecular flexibility index (Phi) is 5.35. The average molecular weight is 254 g/mol. The fourth-order valence-electron chi connectivity index (χ4n) is 1.14. The van der Waals surface area contributed by atoms with Gasteiger partial charge in [-0.2, -0.15) is 0 Å². The molecule has 1 aromatic rings. The maximum Gasteiger partial charge on any atom is 0.307 e. The molecule has 0 aliphatic carbocycles. The minimum atomic E-state index is -0.346. The van der Waals surface area contributed by atoms with E-state index in [1.54, 1.807) is 18.5 Å². The smallest absolute Gasteiger partial charge is 0.307 e. The van der Waals surface area contributed by atoms with E-state index in [0.29, 0.717) is 0 Å². The summed E-state index contributed by atoms with van der Waals surface area (Å²) in [4.78, 5) is 26.4. The predicted octanol–water partition coefficient (Wildman–Crippen LogP) is 1.22. The van der Waals surface area contributed by atoms with Crippen LogP contribution in [0.25, 0.3) is 6.08 Å². The van der Waals surface area contributed by atoms with Crippen LogP contribution in [0, 0.1) is 0 Å². The Labute approximate surface area is 104 Å². The molecule has 92 valence electrons. The van der Waals surface area contributed by atoms with Crippen LogP contribution < -0.4 is 5.32 Å². The number of thiazole rings is 1. The van der Waals surface area contributed by atoms with Gasteiger partial charge in [-0.05, 0) is 13.0 Å². The lowest BCUT2D eigenvalue weighted by molar-refractivity contribution is -0.141. The Balaban J connectivity index is 2.36. The van der Waals surface area contributed by atoms with Crippen molar-refractivity contribution in [1.29, 1.82) is 0 Å². The molecule has 1 unspecified atom stereocenters. The second kappa shape index (κ2) is 6.80. The van der Waals surface area contributed by atoms with E-state index >= 15 is 0 Å². The quantitative estimate of drug-likeness (QED) is 0.633. The molecule has 0 saturated heterocycles. The molecule has 1 rings (SSSR count). The van der Waals surface area contributed by atoms with Crippen molar-refractivity contribution in [2.24, 2.45) is 0 Å². The van der Waals surface area contributed by atoms with Crippen LogP contribution in [0.3, 0.4) is 0 Å². The second-order valence-corrected chi connectivity index (χ2v) is 4.16. The molecule has 0 spiro atoms. The number of hydrogen-bond donors (Lipinski definition) is 1.